The Kier molecular flexibility index (Phi) is 5.28. The van der Waals surface area contributed by atoms with E-state index in [-0.39, 0.29) is 11.5 Å². The number of nitrogens with one attached hydrogen (secondary N) is 2. The van der Waals surface area contributed by atoms with Crippen molar-refractivity contribution in [2.24, 2.45) is 0 Å². The standard InChI is InChI=1S/C19H15FN2O3S/c1-25-16-8-7-14(21-19(24)17-6-3-9-26-17)11-15(16)22-18(23)12-4-2-5-13(20)10-12/h2-11H,1H3,(H,21,24)(H,22,23). The van der Waals surface area contributed by atoms with E-state index in [0.717, 1.165) is 6.07 Å². The van der Waals surface area contributed by atoms with Crippen LogP contribution in [0.4, 0.5) is 15.8 Å². The number of carbonyl (C=O) groups excluding carboxylic acids is 2. The highest BCUT2D eigenvalue weighted by atomic mass is 32.1. The molecule has 0 aliphatic heterocycles. The third-order valence-electron chi connectivity index (χ3n) is 3.54. The molecule has 0 unspecified atom stereocenters. The van der Waals surface area contributed by atoms with Crippen molar-refractivity contribution in [1.82, 2.24) is 0 Å². The smallest absolute Gasteiger partial charge is 0.265 e. The molecule has 0 fully saturated rings. The molecule has 0 atom stereocenters. The zero-order valence-corrected chi connectivity index (χ0v) is 14.6. The van der Waals surface area contributed by atoms with Gasteiger partial charge in [-0.2, -0.15) is 0 Å². The molecule has 0 saturated heterocycles. The van der Waals surface area contributed by atoms with Crippen LogP contribution >= 0.6 is 11.3 Å². The third kappa shape index (κ3) is 4.07. The van der Waals surface area contributed by atoms with Crippen LogP contribution in [0.25, 0.3) is 0 Å². The normalized spacial score (nSPS) is 10.2. The molecule has 0 aliphatic rings. The van der Waals surface area contributed by atoms with Gasteiger partial charge in [-0.05, 0) is 47.8 Å². The van der Waals surface area contributed by atoms with Gasteiger partial charge in [-0.3, -0.25) is 9.59 Å². The molecule has 0 saturated carbocycles. The summed E-state index contributed by atoms with van der Waals surface area (Å²) in [7, 11) is 1.47. The maximum Gasteiger partial charge on any atom is 0.265 e. The van der Waals surface area contributed by atoms with Crippen molar-refractivity contribution >= 4 is 34.5 Å². The summed E-state index contributed by atoms with van der Waals surface area (Å²) in [5.74, 6) is -0.803. The summed E-state index contributed by atoms with van der Waals surface area (Å²) in [6.45, 7) is 0. The topological polar surface area (TPSA) is 67.4 Å². The van der Waals surface area contributed by atoms with E-state index < -0.39 is 11.7 Å². The summed E-state index contributed by atoms with van der Waals surface area (Å²) >= 11 is 1.33. The summed E-state index contributed by atoms with van der Waals surface area (Å²) < 4.78 is 18.5. The second-order valence-corrected chi connectivity index (χ2v) is 6.26. The number of benzene rings is 2. The van der Waals surface area contributed by atoms with Crippen molar-refractivity contribution < 1.29 is 18.7 Å². The first-order chi connectivity index (χ1) is 12.6. The third-order valence-corrected chi connectivity index (χ3v) is 4.41. The van der Waals surface area contributed by atoms with Gasteiger partial charge in [-0.15, -0.1) is 11.3 Å². The van der Waals surface area contributed by atoms with Crippen molar-refractivity contribution in [3.05, 3.63) is 76.2 Å². The minimum absolute atomic E-state index is 0.181. The van der Waals surface area contributed by atoms with E-state index in [1.807, 2.05) is 5.38 Å². The summed E-state index contributed by atoms with van der Waals surface area (Å²) in [6.07, 6.45) is 0. The minimum atomic E-state index is -0.499. The van der Waals surface area contributed by atoms with Crippen LogP contribution in [0.2, 0.25) is 0 Å². The Morgan fingerprint density at radius 3 is 2.54 bits per heavy atom. The lowest BCUT2D eigenvalue weighted by Crippen LogP contribution is -2.14. The van der Waals surface area contributed by atoms with Crippen LogP contribution in [-0.2, 0) is 0 Å². The molecule has 0 bridgehead atoms. The van der Waals surface area contributed by atoms with Crippen LogP contribution < -0.4 is 15.4 Å². The van der Waals surface area contributed by atoms with Crippen molar-refractivity contribution in [2.45, 2.75) is 0 Å². The summed E-state index contributed by atoms with van der Waals surface area (Å²) in [6, 6.07) is 13.8. The quantitative estimate of drug-likeness (QED) is 0.699. The zero-order chi connectivity index (χ0) is 18.5. The van der Waals surface area contributed by atoms with E-state index in [2.05, 4.69) is 10.6 Å². The van der Waals surface area contributed by atoms with E-state index in [0.29, 0.717) is 22.0 Å². The number of amides is 2. The first-order valence-electron chi connectivity index (χ1n) is 7.66. The van der Waals surface area contributed by atoms with E-state index >= 15 is 0 Å². The number of anilines is 2. The molecular formula is C19H15FN2O3S. The fraction of sp³-hybridized carbons (Fsp3) is 0.0526. The average molecular weight is 370 g/mol. The molecule has 3 aromatic rings. The second kappa shape index (κ2) is 7.79. The monoisotopic (exact) mass is 370 g/mol. The Labute approximate surface area is 153 Å². The molecule has 2 N–H and O–H groups in total. The maximum atomic E-state index is 13.3. The number of carbonyl (C=O) groups is 2. The predicted octanol–water partition coefficient (Wildman–Crippen LogP) is 4.40. The van der Waals surface area contributed by atoms with Crippen LogP contribution in [0.3, 0.4) is 0 Å². The molecule has 7 heteroatoms. The van der Waals surface area contributed by atoms with Crippen molar-refractivity contribution in [3.8, 4) is 5.75 Å². The van der Waals surface area contributed by atoms with Gasteiger partial charge in [0.25, 0.3) is 11.8 Å². The molecule has 2 amide bonds. The summed E-state index contributed by atoms with van der Waals surface area (Å²) in [5.41, 5.74) is 1.05. The van der Waals surface area contributed by atoms with Gasteiger partial charge >= 0.3 is 0 Å². The maximum absolute atomic E-state index is 13.3. The molecule has 0 aliphatic carbocycles. The van der Waals surface area contributed by atoms with Crippen LogP contribution in [0.15, 0.2) is 60.0 Å². The lowest BCUT2D eigenvalue weighted by molar-refractivity contribution is 0.102. The molecule has 1 aromatic heterocycles. The number of hydrogen-bond donors (Lipinski definition) is 2. The van der Waals surface area contributed by atoms with Crippen LogP contribution in [0.1, 0.15) is 20.0 Å². The summed E-state index contributed by atoms with van der Waals surface area (Å²) in [4.78, 5) is 25.1. The largest absolute Gasteiger partial charge is 0.495 e. The molecule has 2 aromatic carbocycles. The Morgan fingerprint density at radius 2 is 1.85 bits per heavy atom. The van der Waals surface area contributed by atoms with Gasteiger partial charge in [0.1, 0.15) is 11.6 Å². The van der Waals surface area contributed by atoms with E-state index in [4.69, 9.17) is 4.74 Å². The zero-order valence-electron chi connectivity index (χ0n) is 13.8. The first-order valence-corrected chi connectivity index (χ1v) is 8.54. The molecular weight excluding hydrogens is 355 g/mol. The number of hydrogen-bond acceptors (Lipinski definition) is 4. The van der Waals surface area contributed by atoms with E-state index in [9.17, 15) is 14.0 Å². The van der Waals surface area contributed by atoms with Gasteiger partial charge < -0.3 is 15.4 Å². The number of ether oxygens (including phenoxy) is 1. The number of methoxy groups -OCH3 is 1. The van der Waals surface area contributed by atoms with E-state index in [1.165, 1.54) is 36.6 Å². The highest BCUT2D eigenvalue weighted by Gasteiger charge is 2.13. The lowest BCUT2D eigenvalue weighted by atomic mass is 10.2. The molecule has 0 spiro atoms. The molecule has 0 radical (unpaired) electrons. The van der Waals surface area contributed by atoms with Crippen LogP contribution in [0, 0.1) is 5.82 Å². The van der Waals surface area contributed by atoms with Gasteiger partial charge in [-0.25, -0.2) is 4.39 Å². The number of rotatable bonds is 5. The first kappa shape index (κ1) is 17.6. The summed E-state index contributed by atoms with van der Waals surface area (Å²) in [5, 5.41) is 7.25. The van der Waals surface area contributed by atoms with Gasteiger partial charge in [-0.1, -0.05) is 12.1 Å². The van der Waals surface area contributed by atoms with Gasteiger partial charge in [0.2, 0.25) is 0 Å². The van der Waals surface area contributed by atoms with Crippen molar-refractivity contribution in [1.29, 1.82) is 0 Å². The predicted molar refractivity (Wildman–Crippen MR) is 99.6 cm³/mol. The number of thiophene rings is 1. The Balaban J connectivity index is 1.81. The second-order valence-electron chi connectivity index (χ2n) is 5.31. The average Bonchev–Trinajstić information content (AvgIpc) is 3.17. The van der Waals surface area contributed by atoms with Crippen molar-refractivity contribution in [3.63, 3.8) is 0 Å². The van der Waals surface area contributed by atoms with Crippen LogP contribution in [-0.4, -0.2) is 18.9 Å². The molecule has 1 heterocycles. The van der Waals surface area contributed by atoms with Crippen molar-refractivity contribution in [2.75, 3.05) is 17.7 Å². The minimum Gasteiger partial charge on any atom is -0.495 e. The Bertz CT molecular complexity index is 942. The SMILES string of the molecule is COc1ccc(NC(=O)c2cccs2)cc1NC(=O)c1cccc(F)c1. The highest BCUT2D eigenvalue weighted by Crippen LogP contribution is 2.29. The molecule has 26 heavy (non-hydrogen) atoms. The highest BCUT2D eigenvalue weighted by molar-refractivity contribution is 7.12. The van der Waals surface area contributed by atoms with Gasteiger partial charge in [0.05, 0.1) is 17.7 Å². The van der Waals surface area contributed by atoms with Gasteiger partial charge in [0.15, 0.2) is 0 Å². The Hall–Kier alpha value is -3.19. The van der Waals surface area contributed by atoms with Crippen LogP contribution in [0.5, 0.6) is 5.75 Å². The fourth-order valence-corrected chi connectivity index (χ4v) is 2.93. The van der Waals surface area contributed by atoms with E-state index in [1.54, 1.807) is 30.3 Å². The lowest BCUT2D eigenvalue weighted by Gasteiger charge is -2.13. The van der Waals surface area contributed by atoms with Gasteiger partial charge in [0, 0.05) is 11.3 Å². The fourth-order valence-electron chi connectivity index (χ4n) is 2.31. The number of halogens is 1. The molecule has 5 nitrogen and oxygen atoms in total. The molecule has 3 rings (SSSR count). The molecule has 132 valence electrons. The Morgan fingerprint density at radius 1 is 1.00 bits per heavy atom.